The van der Waals surface area contributed by atoms with Crippen LogP contribution in [0.4, 0.5) is 4.39 Å². The number of carbonyl (C=O) groups is 2. The van der Waals surface area contributed by atoms with Gasteiger partial charge in [0.1, 0.15) is 12.2 Å². The van der Waals surface area contributed by atoms with Gasteiger partial charge >= 0.3 is 0 Å². The van der Waals surface area contributed by atoms with Crippen molar-refractivity contribution in [1.29, 1.82) is 0 Å². The first-order valence-electron chi connectivity index (χ1n) is 9.18. The number of Topliss-reactive ketones (excluding diaryl/α,β-unsaturated/α-hetero) is 1. The van der Waals surface area contributed by atoms with Crippen LogP contribution in [0.2, 0.25) is 0 Å². The summed E-state index contributed by atoms with van der Waals surface area (Å²) in [4.78, 5) is 26.5. The highest BCUT2D eigenvalue weighted by molar-refractivity contribution is 5.99. The third-order valence-corrected chi connectivity index (χ3v) is 5.09. The summed E-state index contributed by atoms with van der Waals surface area (Å²) >= 11 is 0. The normalized spacial score (nSPS) is 20.9. The number of likely N-dealkylation sites (tertiary alicyclic amines) is 1. The maximum Gasteiger partial charge on any atom is 0.286 e. The number of aliphatic hydroxyl groups excluding tert-OH is 1. The van der Waals surface area contributed by atoms with E-state index in [2.05, 4.69) is 15.5 Å². The molecule has 2 heterocycles. The first-order chi connectivity index (χ1) is 12.5. The maximum atomic E-state index is 14.0. The van der Waals surface area contributed by atoms with Gasteiger partial charge in [-0.25, -0.2) is 4.39 Å². The number of hydrogen-bond acceptors (Lipinski definition) is 7. The van der Waals surface area contributed by atoms with E-state index in [1.165, 1.54) is 4.90 Å². The zero-order chi connectivity index (χ0) is 20.4. The van der Waals surface area contributed by atoms with Gasteiger partial charge < -0.3 is 19.7 Å². The molecule has 1 amide bonds. The van der Waals surface area contributed by atoms with E-state index in [0.717, 1.165) is 6.42 Å². The monoisotopic (exact) mass is 384 g/mol. The van der Waals surface area contributed by atoms with Gasteiger partial charge in [0.05, 0.1) is 19.7 Å². The average molecular weight is 384 g/mol. The summed E-state index contributed by atoms with van der Waals surface area (Å²) in [5.74, 6) is -0.821. The number of nitrogens with zero attached hydrogens (tertiary/aromatic N) is 3. The van der Waals surface area contributed by atoms with Crippen LogP contribution in [0.3, 0.4) is 0 Å². The second-order valence-electron chi connectivity index (χ2n) is 8.30. The Balaban J connectivity index is 2.13. The Bertz CT molecular complexity index is 689. The molecule has 0 aromatic carbocycles. The molecule has 0 spiro atoms. The molecule has 9 heteroatoms. The summed E-state index contributed by atoms with van der Waals surface area (Å²) in [6.07, 6.45) is -0.637. The van der Waals surface area contributed by atoms with E-state index < -0.39 is 29.4 Å². The number of aliphatic hydroxyl groups is 1. The molecule has 1 fully saturated rings. The number of alkyl halides is 1. The van der Waals surface area contributed by atoms with Crippen LogP contribution in [0.5, 0.6) is 0 Å². The highest BCUT2D eigenvalue weighted by Crippen LogP contribution is 2.27. The summed E-state index contributed by atoms with van der Waals surface area (Å²) in [6, 6.07) is -0.968. The summed E-state index contributed by atoms with van der Waals surface area (Å²) < 4.78 is 19.5. The number of amides is 1. The molecular weight excluding hydrogens is 355 g/mol. The minimum Gasteiger partial charge on any atom is -0.418 e. The van der Waals surface area contributed by atoms with E-state index >= 15 is 0 Å². The van der Waals surface area contributed by atoms with Crippen molar-refractivity contribution in [2.45, 2.75) is 70.6 Å². The Morgan fingerprint density at radius 3 is 2.59 bits per heavy atom. The zero-order valence-electron chi connectivity index (χ0n) is 16.6. The van der Waals surface area contributed by atoms with Crippen molar-refractivity contribution in [2.75, 3.05) is 19.7 Å². The number of carbonyl (C=O) groups excluding carboxylic acids is 2. The number of hydrogen-bond donors (Lipinski definition) is 2. The van der Waals surface area contributed by atoms with Gasteiger partial charge in [0.15, 0.2) is 0 Å². The first-order valence-corrected chi connectivity index (χ1v) is 9.18. The summed E-state index contributed by atoms with van der Waals surface area (Å²) in [7, 11) is 0. The molecule has 1 aliphatic heterocycles. The number of halogens is 1. The van der Waals surface area contributed by atoms with Gasteiger partial charge in [0.2, 0.25) is 17.6 Å². The predicted molar refractivity (Wildman–Crippen MR) is 96.1 cm³/mol. The molecular formula is C18H29FN4O4. The third kappa shape index (κ3) is 4.90. The fourth-order valence-corrected chi connectivity index (χ4v) is 2.67. The van der Waals surface area contributed by atoms with Crippen LogP contribution in [0, 0.1) is 0 Å². The fourth-order valence-electron chi connectivity index (χ4n) is 2.67. The molecule has 1 unspecified atom stereocenters. The lowest BCUT2D eigenvalue weighted by atomic mass is 9.90. The lowest BCUT2D eigenvalue weighted by Gasteiger charge is -2.27. The Kier molecular flexibility index (Phi) is 6.36. The van der Waals surface area contributed by atoms with E-state index in [0.29, 0.717) is 5.89 Å². The quantitative estimate of drug-likeness (QED) is 0.649. The van der Waals surface area contributed by atoms with E-state index in [1.807, 2.05) is 20.8 Å². The van der Waals surface area contributed by atoms with Crippen LogP contribution >= 0.6 is 0 Å². The van der Waals surface area contributed by atoms with Crippen LogP contribution in [-0.2, 0) is 10.2 Å². The molecule has 152 valence electrons. The minimum absolute atomic E-state index is 0.0944. The largest absolute Gasteiger partial charge is 0.418 e. The van der Waals surface area contributed by atoms with Gasteiger partial charge in [-0.3, -0.25) is 9.59 Å². The molecule has 0 radical (unpaired) electrons. The molecule has 8 nitrogen and oxygen atoms in total. The van der Waals surface area contributed by atoms with Gasteiger partial charge in [0, 0.05) is 17.4 Å². The molecule has 27 heavy (non-hydrogen) atoms. The van der Waals surface area contributed by atoms with Gasteiger partial charge in [0.25, 0.3) is 5.89 Å². The van der Waals surface area contributed by atoms with Crippen molar-refractivity contribution in [3.05, 3.63) is 11.8 Å². The van der Waals surface area contributed by atoms with Crippen molar-refractivity contribution < 1.29 is 23.5 Å². The zero-order valence-corrected chi connectivity index (χ0v) is 16.6. The fraction of sp³-hybridized carbons (Fsp3) is 0.778. The topological polar surface area (TPSA) is 109 Å². The van der Waals surface area contributed by atoms with Crippen molar-refractivity contribution >= 4 is 11.7 Å². The number of aromatic nitrogens is 2. The molecule has 1 aromatic rings. The highest BCUT2D eigenvalue weighted by atomic mass is 19.1. The number of ketones is 1. The Morgan fingerprint density at radius 2 is 2.00 bits per heavy atom. The lowest BCUT2D eigenvalue weighted by molar-refractivity contribution is -0.131. The Morgan fingerprint density at radius 1 is 1.33 bits per heavy atom. The molecule has 2 atom stereocenters. The summed E-state index contributed by atoms with van der Waals surface area (Å²) in [5.41, 5.74) is -1.03. The standard InChI is InChI=1S/C18H29FN4O4/c1-6-17(2,3)16-22-21-15(27-16)14(26)12-7-11(19)9-23(12)13(25)8-20-18(4,5)10-24/h11-12,20,24H,6-10H2,1-5H3/t11-,12?/m0/s1. The van der Waals surface area contributed by atoms with Crippen molar-refractivity contribution in [2.24, 2.45) is 0 Å². The van der Waals surface area contributed by atoms with Crippen LogP contribution in [0.25, 0.3) is 0 Å². The van der Waals surface area contributed by atoms with Gasteiger partial charge in [-0.15, -0.1) is 10.2 Å². The Labute approximate surface area is 158 Å². The van der Waals surface area contributed by atoms with Crippen molar-refractivity contribution in [3.8, 4) is 0 Å². The lowest BCUT2D eigenvalue weighted by Crippen LogP contribution is -2.50. The highest BCUT2D eigenvalue weighted by Gasteiger charge is 2.42. The molecule has 0 bridgehead atoms. The van der Waals surface area contributed by atoms with Crippen LogP contribution in [-0.4, -0.2) is 69.3 Å². The van der Waals surface area contributed by atoms with Crippen LogP contribution < -0.4 is 5.32 Å². The molecule has 1 aliphatic rings. The molecule has 0 aliphatic carbocycles. The number of nitrogens with one attached hydrogen (secondary N) is 1. The number of rotatable bonds is 8. The molecule has 2 N–H and O–H groups in total. The Hall–Kier alpha value is -1.87. The van der Waals surface area contributed by atoms with Gasteiger partial charge in [-0.1, -0.05) is 20.8 Å². The smallest absolute Gasteiger partial charge is 0.286 e. The second-order valence-corrected chi connectivity index (χ2v) is 8.30. The average Bonchev–Trinajstić information content (AvgIpc) is 3.26. The van der Waals surface area contributed by atoms with E-state index in [1.54, 1.807) is 13.8 Å². The van der Waals surface area contributed by atoms with Crippen molar-refractivity contribution in [3.63, 3.8) is 0 Å². The van der Waals surface area contributed by atoms with Gasteiger partial charge in [-0.2, -0.15) is 0 Å². The minimum atomic E-state index is -1.29. The molecule has 1 saturated heterocycles. The maximum absolute atomic E-state index is 14.0. The van der Waals surface area contributed by atoms with E-state index in [-0.39, 0.29) is 37.4 Å². The van der Waals surface area contributed by atoms with E-state index in [9.17, 15) is 19.1 Å². The van der Waals surface area contributed by atoms with Crippen molar-refractivity contribution in [1.82, 2.24) is 20.4 Å². The first kappa shape index (κ1) is 21.4. The molecule has 2 rings (SSSR count). The summed E-state index contributed by atoms with van der Waals surface area (Å²) in [6.45, 7) is 8.86. The predicted octanol–water partition coefficient (Wildman–Crippen LogP) is 1.24. The molecule has 1 aromatic heterocycles. The van der Waals surface area contributed by atoms with Crippen LogP contribution in [0.1, 0.15) is 64.0 Å². The SMILES string of the molecule is CCC(C)(C)c1nnc(C(=O)C2C[C@H](F)CN2C(=O)CNC(C)(C)CO)o1. The summed E-state index contributed by atoms with van der Waals surface area (Å²) in [5, 5.41) is 19.9. The second kappa shape index (κ2) is 8.02. The van der Waals surface area contributed by atoms with Gasteiger partial charge in [-0.05, 0) is 20.3 Å². The van der Waals surface area contributed by atoms with E-state index in [4.69, 9.17) is 4.42 Å². The third-order valence-electron chi connectivity index (χ3n) is 5.09. The molecule has 0 saturated carbocycles. The van der Waals surface area contributed by atoms with Crippen LogP contribution in [0.15, 0.2) is 4.42 Å².